The summed E-state index contributed by atoms with van der Waals surface area (Å²) < 4.78 is 5.74. The maximum absolute atomic E-state index is 11.9. The van der Waals surface area contributed by atoms with Gasteiger partial charge in [0.1, 0.15) is 12.4 Å². The molecular formula is C20H25NO2. The van der Waals surface area contributed by atoms with Gasteiger partial charge >= 0.3 is 0 Å². The summed E-state index contributed by atoms with van der Waals surface area (Å²) in [5, 5.41) is 5.35. The minimum atomic E-state index is 0.166. The van der Waals surface area contributed by atoms with Crippen LogP contribution in [0.15, 0.2) is 42.5 Å². The lowest BCUT2D eigenvalue weighted by Crippen LogP contribution is -2.30. The molecule has 3 heteroatoms. The second-order valence-electron chi connectivity index (χ2n) is 6.42. The summed E-state index contributed by atoms with van der Waals surface area (Å²) in [6.45, 7) is 1.08. The second-order valence-corrected chi connectivity index (χ2v) is 6.42. The molecule has 0 unspecified atom stereocenters. The molecule has 0 aliphatic heterocycles. The zero-order valence-corrected chi connectivity index (χ0v) is 13.6. The summed E-state index contributed by atoms with van der Waals surface area (Å²) in [5.74, 6) is 1.61. The predicted octanol–water partition coefficient (Wildman–Crippen LogP) is 4.31. The lowest BCUT2D eigenvalue weighted by atomic mass is 9.87. The minimum absolute atomic E-state index is 0.166. The molecule has 1 aliphatic rings. The van der Waals surface area contributed by atoms with E-state index in [9.17, 15) is 4.79 Å². The molecule has 1 saturated carbocycles. The van der Waals surface area contributed by atoms with Crippen LogP contribution < -0.4 is 10.1 Å². The lowest BCUT2D eigenvalue weighted by Gasteiger charge is -2.20. The fourth-order valence-corrected chi connectivity index (χ4v) is 3.34. The van der Waals surface area contributed by atoms with Crippen LogP contribution in [0.3, 0.4) is 0 Å². The van der Waals surface area contributed by atoms with Crippen molar-refractivity contribution in [1.29, 1.82) is 0 Å². The Morgan fingerprint density at radius 2 is 1.83 bits per heavy atom. The van der Waals surface area contributed by atoms with Gasteiger partial charge in [0.2, 0.25) is 5.91 Å². The normalized spacial score (nSPS) is 15.5. The monoisotopic (exact) mass is 311 g/mol. The van der Waals surface area contributed by atoms with Gasteiger partial charge in [0.25, 0.3) is 0 Å². The third-order valence-electron chi connectivity index (χ3n) is 4.61. The van der Waals surface area contributed by atoms with Crippen molar-refractivity contribution in [3.05, 3.63) is 42.5 Å². The largest absolute Gasteiger partial charge is 0.492 e. The molecular weight excluding hydrogens is 286 g/mol. The molecule has 122 valence electrons. The van der Waals surface area contributed by atoms with Gasteiger partial charge in [-0.25, -0.2) is 0 Å². The van der Waals surface area contributed by atoms with Crippen LogP contribution in [0.1, 0.15) is 38.5 Å². The van der Waals surface area contributed by atoms with Gasteiger partial charge in [0, 0.05) is 6.42 Å². The molecule has 1 aliphatic carbocycles. The van der Waals surface area contributed by atoms with E-state index < -0.39 is 0 Å². The molecule has 0 heterocycles. The number of rotatable bonds is 6. The van der Waals surface area contributed by atoms with Gasteiger partial charge < -0.3 is 10.1 Å². The number of fused-ring (bicyclic) bond motifs is 1. The smallest absolute Gasteiger partial charge is 0.220 e. The van der Waals surface area contributed by atoms with Crippen molar-refractivity contribution in [2.75, 3.05) is 13.2 Å². The van der Waals surface area contributed by atoms with E-state index in [1.807, 2.05) is 24.3 Å². The first-order chi connectivity index (χ1) is 11.3. The second kappa shape index (κ2) is 8.00. The van der Waals surface area contributed by atoms with Gasteiger partial charge in [0.15, 0.2) is 0 Å². The van der Waals surface area contributed by atoms with Gasteiger partial charge in [0.05, 0.1) is 6.54 Å². The van der Waals surface area contributed by atoms with E-state index in [1.54, 1.807) is 0 Å². The third kappa shape index (κ3) is 4.72. The maximum Gasteiger partial charge on any atom is 0.220 e. The van der Waals surface area contributed by atoms with E-state index in [4.69, 9.17) is 4.74 Å². The van der Waals surface area contributed by atoms with Gasteiger partial charge in [-0.1, -0.05) is 49.6 Å². The van der Waals surface area contributed by atoms with Crippen molar-refractivity contribution in [2.24, 2.45) is 5.92 Å². The van der Waals surface area contributed by atoms with Gasteiger partial charge in [-0.2, -0.15) is 0 Å². The molecule has 3 rings (SSSR count). The predicted molar refractivity (Wildman–Crippen MR) is 93.6 cm³/mol. The van der Waals surface area contributed by atoms with Crippen LogP contribution >= 0.6 is 0 Å². The van der Waals surface area contributed by atoms with Gasteiger partial charge in [-0.3, -0.25) is 4.79 Å². The highest BCUT2D eigenvalue weighted by Crippen LogP contribution is 2.26. The highest BCUT2D eigenvalue weighted by Gasteiger charge is 2.16. The average Bonchev–Trinajstić information content (AvgIpc) is 2.59. The molecule has 0 saturated heterocycles. The topological polar surface area (TPSA) is 38.3 Å². The zero-order valence-electron chi connectivity index (χ0n) is 13.6. The molecule has 2 aromatic rings. The van der Waals surface area contributed by atoms with E-state index >= 15 is 0 Å². The van der Waals surface area contributed by atoms with Crippen molar-refractivity contribution in [3.63, 3.8) is 0 Å². The van der Waals surface area contributed by atoms with Crippen LogP contribution in [-0.2, 0) is 4.79 Å². The number of hydrogen-bond donors (Lipinski definition) is 1. The molecule has 0 atom stereocenters. The van der Waals surface area contributed by atoms with Crippen molar-refractivity contribution < 1.29 is 9.53 Å². The number of carbonyl (C=O) groups excluding carboxylic acids is 1. The molecule has 3 nitrogen and oxygen atoms in total. The first-order valence-corrected chi connectivity index (χ1v) is 8.69. The first-order valence-electron chi connectivity index (χ1n) is 8.69. The summed E-state index contributed by atoms with van der Waals surface area (Å²) in [4.78, 5) is 11.9. The van der Waals surface area contributed by atoms with E-state index in [2.05, 4.69) is 23.5 Å². The molecule has 0 radical (unpaired) electrons. The minimum Gasteiger partial charge on any atom is -0.492 e. The lowest BCUT2D eigenvalue weighted by molar-refractivity contribution is -0.122. The molecule has 0 aromatic heterocycles. The summed E-state index contributed by atoms with van der Waals surface area (Å²) in [6, 6.07) is 14.3. The van der Waals surface area contributed by atoms with Crippen molar-refractivity contribution >= 4 is 16.7 Å². The zero-order chi connectivity index (χ0) is 15.9. The van der Waals surface area contributed by atoms with Crippen molar-refractivity contribution in [1.82, 2.24) is 5.32 Å². The van der Waals surface area contributed by atoms with Gasteiger partial charge in [-0.05, 0) is 41.7 Å². The van der Waals surface area contributed by atoms with Crippen LogP contribution in [0.2, 0.25) is 0 Å². The molecule has 1 fully saturated rings. The molecule has 23 heavy (non-hydrogen) atoms. The number of nitrogens with one attached hydrogen (secondary N) is 1. The Bertz CT molecular complexity index is 647. The third-order valence-corrected chi connectivity index (χ3v) is 4.61. The summed E-state index contributed by atoms with van der Waals surface area (Å²) in [7, 11) is 0. The molecule has 2 aromatic carbocycles. The van der Waals surface area contributed by atoms with E-state index in [0.29, 0.717) is 25.5 Å². The van der Waals surface area contributed by atoms with Crippen molar-refractivity contribution in [2.45, 2.75) is 38.5 Å². The van der Waals surface area contributed by atoms with Crippen LogP contribution in [0.5, 0.6) is 5.75 Å². The standard InChI is InChI=1S/C20H25NO2/c22-20(14-16-6-2-1-3-7-16)21-12-13-23-19-11-10-17-8-4-5-9-18(17)15-19/h4-5,8-11,15-16H,1-3,6-7,12-14H2,(H,21,22). The van der Waals surface area contributed by atoms with E-state index in [-0.39, 0.29) is 5.91 Å². The Labute approximate surface area is 138 Å². The van der Waals surface area contributed by atoms with E-state index in [0.717, 1.165) is 5.75 Å². The Hall–Kier alpha value is -2.03. The Balaban J connectivity index is 1.39. The van der Waals surface area contributed by atoms with Crippen LogP contribution in [0, 0.1) is 5.92 Å². The number of hydrogen-bond acceptors (Lipinski definition) is 2. The molecule has 1 amide bonds. The van der Waals surface area contributed by atoms with E-state index in [1.165, 1.54) is 42.9 Å². The maximum atomic E-state index is 11.9. The SMILES string of the molecule is O=C(CC1CCCCC1)NCCOc1ccc2ccccc2c1. The highest BCUT2D eigenvalue weighted by atomic mass is 16.5. The highest BCUT2D eigenvalue weighted by molar-refractivity contribution is 5.83. The summed E-state index contributed by atoms with van der Waals surface area (Å²) in [5.41, 5.74) is 0. The number of benzene rings is 2. The van der Waals surface area contributed by atoms with Crippen molar-refractivity contribution in [3.8, 4) is 5.75 Å². The number of carbonyl (C=O) groups is 1. The molecule has 0 bridgehead atoms. The Morgan fingerprint density at radius 3 is 2.65 bits per heavy atom. The van der Waals surface area contributed by atoms with Crippen LogP contribution in [0.4, 0.5) is 0 Å². The summed E-state index contributed by atoms with van der Waals surface area (Å²) >= 11 is 0. The average molecular weight is 311 g/mol. The number of amides is 1. The van der Waals surface area contributed by atoms with Crippen LogP contribution in [-0.4, -0.2) is 19.1 Å². The molecule has 1 N–H and O–H groups in total. The first kappa shape index (κ1) is 15.9. The Kier molecular flexibility index (Phi) is 5.51. The summed E-state index contributed by atoms with van der Waals surface area (Å²) in [6.07, 6.45) is 6.99. The number of ether oxygens (including phenoxy) is 1. The fraction of sp³-hybridized carbons (Fsp3) is 0.450. The van der Waals surface area contributed by atoms with Crippen LogP contribution in [0.25, 0.3) is 10.8 Å². The Morgan fingerprint density at radius 1 is 1.04 bits per heavy atom. The van der Waals surface area contributed by atoms with Gasteiger partial charge in [-0.15, -0.1) is 0 Å². The fourth-order valence-electron chi connectivity index (χ4n) is 3.34. The molecule has 0 spiro atoms. The quantitative estimate of drug-likeness (QED) is 0.808.